The number of hydrogen-bond donors (Lipinski definition) is 1. The highest BCUT2D eigenvalue weighted by molar-refractivity contribution is 6.09. The van der Waals surface area contributed by atoms with Gasteiger partial charge in [-0.05, 0) is 56.4 Å². The van der Waals surface area contributed by atoms with Crippen LogP contribution in [0.4, 0.5) is 5.69 Å². The lowest BCUT2D eigenvalue weighted by atomic mass is 9.92. The van der Waals surface area contributed by atoms with Gasteiger partial charge < -0.3 is 10.2 Å². The fourth-order valence-electron chi connectivity index (χ4n) is 3.87. The molecular formula is C22H25N3O. The molecule has 0 bridgehead atoms. The maximum Gasteiger partial charge on any atom is 0.253 e. The molecule has 1 N–H and O–H groups in total. The van der Waals surface area contributed by atoms with Crippen molar-refractivity contribution in [1.82, 2.24) is 9.88 Å². The Morgan fingerprint density at radius 3 is 2.96 bits per heavy atom. The van der Waals surface area contributed by atoms with Gasteiger partial charge in [-0.2, -0.15) is 0 Å². The Morgan fingerprint density at radius 2 is 2.08 bits per heavy atom. The number of pyridine rings is 1. The van der Waals surface area contributed by atoms with E-state index in [1.165, 1.54) is 12.0 Å². The molecular weight excluding hydrogens is 322 g/mol. The number of nitrogens with zero attached hydrogens (tertiary/aromatic N) is 2. The van der Waals surface area contributed by atoms with Crippen molar-refractivity contribution in [2.75, 3.05) is 11.9 Å². The second kappa shape index (κ2) is 7.32. The first-order chi connectivity index (χ1) is 12.8. The topological polar surface area (TPSA) is 45.2 Å². The van der Waals surface area contributed by atoms with E-state index in [0.717, 1.165) is 60.1 Å². The number of anilines is 1. The van der Waals surface area contributed by atoms with Crippen LogP contribution in [0.5, 0.6) is 0 Å². The monoisotopic (exact) mass is 347 g/mol. The molecule has 4 nitrogen and oxygen atoms in total. The van der Waals surface area contributed by atoms with Crippen LogP contribution in [0.2, 0.25) is 0 Å². The number of aryl methyl sites for hydroxylation is 1. The number of fused-ring (bicyclic) bond motifs is 2. The zero-order chi connectivity index (χ0) is 17.9. The molecule has 2 aromatic rings. The van der Waals surface area contributed by atoms with Gasteiger partial charge in [-0.1, -0.05) is 31.2 Å². The molecule has 0 atom stereocenters. The Bertz CT molecular complexity index is 898. The number of carbonyl (C=O) groups excluding carboxylic acids is 1. The second-order valence-corrected chi connectivity index (χ2v) is 7.07. The zero-order valence-electron chi connectivity index (χ0n) is 15.3. The molecule has 1 aromatic carbocycles. The molecule has 2 aliphatic rings. The molecule has 4 rings (SSSR count). The molecule has 0 saturated carbocycles. The first-order valence-electron chi connectivity index (χ1n) is 9.61. The first-order valence-corrected chi connectivity index (χ1v) is 9.61. The van der Waals surface area contributed by atoms with Crippen molar-refractivity contribution in [3.8, 4) is 0 Å². The molecule has 0 saturated heterocycles. The third-order valence-electron chi connectivity index (χ3n) is 5.14. The van der Waals surface area contributed by atoms with Crippen LogP contribution in [0.3, 0.4) is 0 Å². The van der Waals surface area contributed by atoms with Crippen molar-refractivity contribution in [3.63, 3.8) is 0 Å². The van der Waals surface area contributed by atoms with Crippen LogP contribution in [0, 0.1) is 0 Å². The predicted molar refractivity (Wildman–Crippen MR) is 106 cm³/mol. The van der Waals surface area contributed by atoms with E-state index in [9.17, 15) is 4.79 Å². The van der Waals surface area contributed by atoms with Crippen LogP contribution in [0.1, 0.15) is 43.9 Å². The highest BCUT2D eigenvalue weighted by atomic mass is 16.1. The Morgan fingerprint density at radius 1 is 1.23 bits per heavy atom. The molecule has 134 valence electrons. The average molecular weight is 347 g/mol. The number of amides is 1. The Labute approximate surface area is 154 Å². The van der Waals surface area contributed by atoms with E-state index in [4.69, 9.17) is 4.98 Å². The van der Waals surface area contributed by atoms with Crippen molar-refractivity contribution < 1.29 is 4.79 Å². The van der Waals surface area contributed by atoms with Gasteiger partial charge in [0.25, 0.3) is 5.91 Å². The van der Waals surface area contributed by atoms with Gasteiger partial charge in [0.15, 0.2) is 0 Å². The summed E-state index contributed by atoms with van der Waals surface area (Å²) in [5.74, 6) is -0.000389. The summed E-state index contributed by atoms with van der Waals surface area (Å²) in [6, 6.07) is 8.12. The lowest BCUT2D eigenvalue weighted by Gasteiger charge is -2.23. The molecule has 26 heavy (non-hydrogen) atoms. The fraction of sp³-hybridized carbons (Fsp3) is 0.364. The van der Waals surface area contributed by atoms with Gasteiger partial charge in [-0.3, -0.25) is 9.78 Å². The van der Waals surface area contributed by atoms with E-state index in [-0.39, 0.29) is 5.91 Å². The molecule has 2 heterocycles. The fourth-order valence-corrected chi connectivity index (χ4v) is 3.87. The van der Waals surface area contributed by atoms with Crippen LogP contribution >= 0.6 is 0 Å². The lowest BCUT2D eigenvalue weighted by Crippen LogP contribution is -2.22. The van der Waals surface area contributed by atoms with E-state index in [2.05, 4.69) is 35.5 Å². The van der Waals surface area contributed by atoms with Crippen LogP contribution in [0.25, 0.3) is 10.9 Å². The summed E-state index contributed by atoms with van der Waals surface area (Å²) in [6.45, 7) is 3.08. The molecule has 0 fully saturated rings. The van der Waals surface area contributed by atoms with Crippen LogP contribution in [-0.2, 0) is 17.6 Å². The van der Waals surface area contributed by atoms with E-state index in [0.29, 0.717) is 6.42 Å². The summed E-state index contributed by atoms with van der Waals surface area (Å²) in [6.07, 6.45) is 12.2. The molecule has 0 spiro atoms. The third-order valence-corrected chi connectivity index (χ3v) is 5.14. The lowest BCUT2D eigenvalue weighted by molar-refractivity contribution is -0.113. The number of carbonyl (C=O) groups is 1. The number of rotatable bonds is 4. The normalized spacial score (nSPS) is 16.3. The minimum atomic E-state index is -0.000389. The summed E-state index contributed by atoms with van der Waals surface area (Å²) in [5, 5.41) is 4.28. The van der Waals surface area contributed by atoms with Gasteiger partial charge in [0.2, 0.25) is 0 Å². The molecule has 1 aliphatic heterocycles. The van der Waals surface area contributed by atoms with Gasteiger partial charge in [-0.25, -0.2) is 0 Å². The number of benzene rings is 1. The molecule has 1 aliphatic carbocycles. The highest BCUT2D eigenvalue weighted by Gasteiger charge is 2.21. The maximum atomic E-state index is 13.0. The molecule has 1 aromatic heterocycles. The molecule has 4 heteroatoms. The predicted octanol–water partition coefficient (Wildman–Crippen LogP) is 4.57. The first kappa shape index (κ1) is 16.8. The maximum absolute atomic E-state index is 13.0. The Kier molecular flexibility index (Phi) is 4.74. The minimum Gasteiger partial charge on any atom is -0.354 e. The minimum absolute atomic E-state index is 0.000389. The number of para-hydroxylation sites is 1. The highest BCUT2D eigenvalue weighted by Crippen LogP contribution is 2.33. The van der Waals surface area contributed by atoms with Crippen molar-refractivity contribution >= 4 is 22.5 Å². The van der Waals surface area contributed by atoms with E-state index in [1.54, 1.807) is 0 Å². The molecule has 0 radical (unpaired) electrons. The van der Waals surface area contributed by atoms with E-state index in [1.807, 2.05) is 24.4 Å². The Balaban J connectivity index is 1.69. The zero-order valence-corrected chi connectivity index (χ0v) is 15.3. The molecule has 1 amide bonds. The van der Waals surface area contributed by atoms with Crippen LogP contribution in [0.15, 0.2) is 48.3 Å². The van der Waals surface area contributed by atoms with E-state index < -0.39 is 0 Å². The van der Waals surface area contributed by atoms with Crippen molar-refractivity contribution in [2.45, 2.75) is 45.4 Å². The van der Waals surface area contributed by atoms with Gasteiger partial charge in [-0.15, -0.1) is 0 Å². The van der Waals surface area contributed by atoms with E-state index >= 15 is 0 Å². The number of aromatic nitrogens is 1. The third kappa shape index (κ3) is 3.24. The quantitative estimate of drug-likeness (QED) is 0.881. The summed E-state index contributed by atoms with van der Waals surface area (Å²) < 4.78 is 0. The summed E-state index contributed by atoms with van der Waals surface area (Å²) in [7, 11) is 0. The second-order valence-electron chi connectivity index (χ2n) is 7.07. The smallest absolute Gasteiger partial charge is 0.253 e. The number of allylic oxidation sites excluding steroid dienone is 1. The number of nitrogens with one attached hydrogen (secondary N) is 1. The standard InChI is InChI=1S/C22H25N3O/c1-2-13-25-14-7-8-16(15-25)22(26)24-21-17-9-3-5-11-19(17)23-20-12-6-4-10-18(20)21/h3,5,7,9,11,14-15H,2,4,6,8,10,12-13H2,1H3,(H,23,24,26). The van der Waals surface area contributed by atoms with Crippen molar-refractivity contribution in [1.29, 1.82) is 0 Å². The largest absolute Gasteiger partial charge is 0.354 e. The summed E-state index contributed by atoms with van der Waals surface area (Å²) in [5.41, 5.74) is 5.11. The average Bonchev–Trinajstić information content (AvgIpc) is 2.68. The van der Waals surface area contributed by atoms with Crippen LogP contribution in [-0.4, -0.2) is 22.3 Å². The summed E-state index contributed by atoms with van der Waals surface area (Å²) in [4.78, 5) is 19.9. The SMILES string of the molecule is CCCN1C=CCC(C(=O)Nc2c3c(nc4ccccc24)CCCC3)=C1. The van der Waals surface area contributed by atoms with Gasteiger partial charge >= 0.3 is 0 Å². The van der Waals surface area contributed by atoms with Crippen molar-refractivity contribution in [3.05, 3.63) is 59.6 Å². The van der Waals surface area contributed by atoms with Gasteiger partial charge in [0.1, 0.15) is 0 Å². The number of hydrogen-bond acceptors (Lipinski definition) is 3. The van der Waals surface area contributed by atoms with Gasteiger partial charge in [0, 0.05) is 29.4 Å². The van der Waals surface area contributed by atoms with Crippen LogP contribution < -0.4 is 5.32 Å². The van der Waals surface area contributed by atoms with Gasteiger partial charge in [0.05, 0.1) is 11.2 Å². The van der Waals surface area contributed by atoms with Crippen molar-refractivity contribution in [2.24, 2.45) is 0 Å². The summed E-state index contributed by atoms with van der Waals surface area (Å²) >= 11 is 0. The molecule has 0 unspecified atom stereocenters. The Hall–Kier alpha value is -2.62.